The van der Waals surface area contributed by atoms with E-state index in [2.05, 4.69) is 15.5 Å². The highest BCUT2D eigenvalue weighted by Gasteiger charge is 2.20. The van der Waals surface area contributed by atoms with Crippen LogP contribution in [-0.2, 0) is 11.3 Å². The number of carbonyl (C=O) groups excluding carboxylic acids is 1. The van der Waals surface area contributed by atoms with Crippen LogP contribution < -0.4 is 5.32 Å². The molecule has 0 unspecified atom stereocenters. The van der Waals surface area contributed by atoms with Crippen molar-refractivity contribution in [2.24, 2.45) is 0 Å². The first kappa shape index (κ1) is 19.0. The lowest BCUT2D eigenvalue weighted by atomic mass is 10.2. The van der Waals surface area contributed by atoms with Crippen molar-refractivity contribution in [1.29, 1.82) is 0 Å². The Balaban J connectivity index is 1.73. The predicted molar refractivity (Wildman–Crippen MR) is 108 cm³/mol. The molecule has 1 heterocycles. The molecule has 0 fully saturated rings. The number of aromatic hydroxyl groups is 1. The zero-order valence-electron chi connectivity index (χ0n) is 15.5. The van der Waals surface area contributed by atoms with Crippen LogP contribution in [0.25, 0.3) is 11.4 Å². The molecular weight excluding hydrogens is 360 g/mol. The number of aromatic nitrogens is 3. The second-order valence-electron chi connectivity index (χ2n) is 6.21. The fourth-order valence-corrected chi connectivity index (χ4v) is 3.49. The van der Waals surface area contributed by atoms with Crippen molar-refractivity contribution >= 4 is 23.4 Å². The molecule has 140 valence electrons. The van der Waals surface area contributed by atoms with Gasteiger partial charge in [0.2, 0.25) is 5.91 Å². The summed E-state index contributed by atoms with van der Waals surface area (Å²) in [6.07, 6.45) is 0. The molecule has 3 aromatic rings. The van der Waals surface area contributed by atoms with Crippen molar-refractivity contribution in [3.05, 3.63) is 54.1 Å². The molecule has 0 saturated heterocycles. The largest absolute Gasteiger partial charge is 0.508 e. The van der Waals surface area contributed by atoms with E-state index in [4.69, 9.17) is 0 Å². The Morgan fingerprint density at radius 3 is 2.44 bits per heavy atom. The van der Waals surface area contributed by atoms with Crippen LogP contribution in [0.15, 0.2) is 53.7 Å². The summed E-state index contributed by atoms with van der Waals surface area (Å²) in [5.74, 6) is 0.837. The molecule has 0 aliphatic heterocycles. The summed E-state index contributed by atoms with van der Waals surface area (Å²) < 4.78 is 1.96. The SMILES string of the molecule is CCn1c(S[C@H](C)C(=O)Nc2ccc(C)cc2)nnc1-c1ccc(O)cc1. The molecule has 0 radical (unpaired) electrons. The quantitative estimate of drug-likeness (QED) is 0.628. The molecule has 0 aliphatic carbocycles. The predicted octanol–water partition coefficient (Wildman–Crippen LogP) is 4.10. The molecule has 2 aromatic carbocycles. The Kier molecular flexibility index (Phi) is 5.81. The Hall–Kier alpha value is -2.80. The van der Waals surface area contributed by atoms with Crippen molar-refractivity contribution in [3.63, 3.8) is 0 Å². The summed E-state index contributed by atoms with van der Waals surface area (Å²) in [6.45, 7) is 6.54. The highest BCUT2D eigenvalue weighted by Crippen LogP contribution is 2.28. The number of anilines is 1. The van der Waals surface area contributed by atoms with Crippen molar-refractivity contribution < 1.29 is 9.90 Å². The van der Waals surface area contributed by atoms with Gasteiger partial charge >= 0.3 is 0 Å². The standard InChI is InChI=1S/C20H22N4O2S/c1-4-24-18(15-7-11-17(25)12-8-15)22-23-20(24)27-14(3)19(26)21-16-9-5-13(2)6-10-16/h5-12,14,25H,4H2,1-3H3,(H,21,26)/t14-/m1/s1. The van der Waals surface area contributed by atoms with Crippen LogP contribution in [0.4, 0.5) is 5.69 Å². The van der Waals surface area contributed by atoms with Crippen molar-refractivity contribution in [2.45, 2.75) is 37.7 Å². The van der Waals surface area contributed by atoms with E-state index in [1.807, 2.05) is 49.6 Å². The third-order valence-corrected chi connectivity index (χ3v) is 5.21. The molecule has 0 aliphatic rings. The number of thioether (sulfide) groups is 1. The molecule has 0 spiro atoms. The maximum atomic E-state index is 12.5. The Labute approximate surface area is 162 Å². The molecule has 0 bridgehead atoms. The smallest absolute Gasteiger partial charge is 0.237 e. The molecule has 2 N–H and O–H groups in total. The molecule has 1 amide bonds. The average molecular weight is 382 g/mol. The molecule has 1 aromatic heterocycles. The van der Waals surface area contributed by atoms with Gasteiger partial charge in [0.1, 0.15) is 5.75 Å². The number of benzene rings is 2. The van der Waals surface area contributed by atoms with E-state index in [1.54, 1.807) is 24.3 Å². The number of phenols is 1. The Bertz CT molecular complexity index is 920. The average Bonchev–Trinajstić information content (AvgIpc) is 3.06. The van der Waals surface area contributed by atoms with E-state index in [-0.39, 0.29) is 16.9 Å². The first-order valence-electron chi connectivity index (χ1n) is 8.74. The van der Waals surface area contributed by atoms with Gasteiger partial charge in [0, 0.05) is 17.8 Å². The number of rotatable bonds is 6. The number of amides is 1. The minimum absolute atomic E-state index is 0.0827. The Morgan fingerprint density at radius 1 is 1.15 bits per heavy atom. The topological polar surface area (TPSA) is 80.0 Å². The van der Waals surface area contributed by atoms with E-state index in [9.17, 15) is 9.90 Å². The summed E-state index contributed by atoms with van der Waals surface area (Å²) in [4.78, 5) is 12.5. The van der Waals surface area contributed by atoms with Crippen LogP contribution >= 0.6 is 11.8 Å². The number of aryl methyl sites for hydroxylation is 1. The zero-order chi connectivity index (χ0) is 19.4. The summed E-state index contributed by atoms with van der Waals surface area (Å²) >= 11 is 1.37. The van der Waals surface area contributed by atoms with Crippen molar-refractivity contribution in [1.82, 2.24) is 14.8 Å². The number of hydrogen-bond acceptors (Lipinski definition) is 5. The molecule has 7 heteroatoms. The number of hydrogen-bond donors (Lipinski definition) is 2. The minimum Gasteiger partial charge on any atom is -0.508 e. The summed E-state index contributed by atoms with van der Waals surface area (Å²) in [5.41, 5.74) is 2.79. The first-order valence-corrected chi connectivity index (χ1v) is 9.62. The highest BCUT2D eigenvalue weighted by atomic mass is 32.2. The van der Waals surface area contributed by atoms with Crippen molar-refractivity contribution in [3.8, 4) is 17.1 Å². The van der Waals surface area contributed by atoms with Gasteiger partial charge in [0.15, 0.2) is 11.0 Å². The van der Waals surface area contributed by atoms with Gasteiger partial charge in [-0.2, -0.15) is 0 Å². The van der Waals surface area contributed by atoms with E-state index in [0.29, 0.717) is 17.5 Å². The van der Waals surface area contributed by atoms with Gasteiger partial charge in [0.25, 0.3) is 0 Å². The van der Waals surface area contributed by atoms with Crippen LogP contribution in [0.2, 0.25) is 0 Å². The number of phenolic OH excluding ortho intramolecular Hbond substituents is 1. The molecule has 1 atom stereocenters. The van der Waals surface area contributed by atoms with Crippen LogP contribution in [0, 0.1) is 6.92 Å². The maximum absolute atomic E-state index is 12.5. The number of nitrogens with one attached hydrogen (secondary N) is 1. The molecule has 27 heavy (non-hydrogen) atoms. The summed E-state index contributed by atoms with van der Waals surface area (Å²) in [7, 11) is 0. The van der Waals surface area contributed by atoms with Gasteiger partial charge in [-0.25, -0.2) is 0 Å². The third kappa shape index (κ3) is 4.49. The first-order chi connectivity index (χ1) is 13.0. The fraction of sp³-hybridized carbons (Fsp3) is 0.250. The highest BCUT2D eigenvalue weighted by molar-refractivity contribution is 8.00. The van der Waals surface area contributed by atoms with E-state index < -0.39 is 0 Å². The molecule has 0 saturated carbocycles. The van der Waals surface area contributed by atoms with Gasteiger partial charge < -0.3 is 15.0 Å². The van der Waals surface area contributed by atoms with Gasteiger partial charge in [-0.05, 0) is 57.2 Å². The molecular formula is C20H22N4O2S. The second kappa shape index (κ2) is 8.26. The minimum atomic E-state index is -0.325. The second-order valence-corrected chi connectivity index (χ2v) is 7.52. The van der Waals surface area contributed by atoms with Crippen LogP contribution in [0.3, 0.4) is 0 Å². The third-order valence-electron chi connectivity index (χ3n) is 4.13. The monoisotopic (exact) mass is 382 g/mol. The van der Waals surface area contributed by atoms with Crippen LogP contribution in [0.5, 0.6) is 5.75 Å². The van der Waals surface area contributed by atoms with Gasteiger partial charge in [-0.1, -0.05) is 29.5 Å². The maximum Gasteiger partial charge on any atom is 0.237 e. The summed E-state index contributed by atoms with van der Waals surface area (Å²) in [5, 5.41) is 21.3. The molecule has 6 nitrogen and oxygen atoms in total. The van der Waals surface area contributed by atoms with E-state index in [0.717, 1.165) is 16.8 Å². The van der Waals surface area contributed by atoms with Crippen LogP contribution in [-0.4, -0.2) is 31.0 Å². The Morgan fingerprint density at radius 2 is 1.81 bits per heavy atom. The van der Waals surface area contributed by atoms with Crippen LogP contribution in [0.1, 0.15) is 19.4 Å². The fourth-order valence-electron chi connectivity index (χ4n) is 2.58. The van der Waals surface area contributed by atoms with E-state index >= 15 is 0 Å². The van der Waals surface area contributed by atoms with Gasteiger partial charge in [-0.3, -0.25) is 4.79 Å². The van der Waals surface area contributed by atoms with Gasteiger partial charge in [-0.15, -0.1) is 10.2 Å². The lowest BCUT2D eigenvalue weighted by Crippen LogP contribution is -2.22. The lowest BCUT2D eigenvalue weighted by molar-refractivity contribution is -0.115. The van der Waals surface area contributed by atoms with Crippen molar-refractivity contribution in [2.75, 3.05) is 5.32 Å². The van der Waals surface area contributed by atoms with Gasteiger partial charge in [0.05, 0.1) is 5.25 Å². The summed E-state index contributed by atoms with van der Waals surface area (Å²) in [6, 6.07) is 14.5. The lowest BCUT2D eigenvalue weighted by Gasteiger charge is -2.13. The molecule has 3 rings (SSSR count). The normalized spacial score (nSPS) is 12.0. The number of carbonyl (C=O) groups is 1. The zero-order valence-corrected chi connectivity index (χ0v) is 16.3. The van der Waals surface area contributed by atoms with E-state index in [1.165, 1.54) is 11.8 Å². The number of nitrogens with zero attached hydrogens (tertiary/aromatic N) is 3.